The highest BCUT2D eigenvalue weighted by Gasteiger charge is 2.21. The van der Waals surface area contributed by atoms with E-state index in [1.165, 1.54) is 0 Å². The lowest BCUT2D eigenvalue weighted by molar-refractivity contribution is -0.130. The fourth-order valence-corrected chi connectivity index (χ4v) is 3.34. The molecule has 0 radical (unpaired) electrons. The molecule has 2 heterocycles. The molecular formula is C18H19ClN4O. The molecule has 1 fully saturated rings. The molecule has 24 heavy (non-hydrogen) atoms. The number of halogens is 1. The fraction of sp³-hybridized carbons (Fsp3) is 0.333. The molecule has 3 rings (SSSR count). The Kier molecular flexibility index (Phi) is 4.77. The first-order valence-electron chi connectivity index (χ1n) is 7.98. The number of carbonyl (C=O) groups is 1. The number of hydrogen-bond acceptors (Lipinski definition) is 3. The average molecular weight is 343 g/mol. The van der Waals surface area contributed by atoms with Crippen LogP contribution in [-0.4, -0.2) is 28.5 Å². The van der Waals surface area contributed by atoms with Crippen molar-refractivity contribution in [3.63, 3.8) is 0 Å². The molecule has 1 saturated heterocycles. The van der Waals surface area contributed by atoms with Gasteiger partial charge in [-0.3, -0.25) is 4.79 Å². The van der Waals surface area contributed by atoms with Crippen LogP contribution in [0.2, 0.25) is 5.02 Å². The lowest BCUT2D eigenvalue weighted by atomic mass is 10.1. The van der Waals surface area contributed by atoms with Crippen LogP contribution in [-0.2, 0) is 17.8 Å². The molecular weight excluding hydrogens is 324 g/mol. The van der Waals surface area contributed by atoms with Crippen molar-refractivity contribution in [3.8, 4) is 6.07 Å². The summed E-state index contributed by atoms with van der Waals surface area (Å²) in [6.45, 7) is 1.73. The Morgan fingerprint density at radius 2 is 2.04 bits per heavy atom. The molecule has 0 spiro atoms. The minimum atomic E-state index is 0.0342. The van der Waals surface area contributed by atoms with E-state index in [9.17, 15) is 10.1 Å². The highest BCUT2D eigenvalue weighted by atomic mass is 35.5. The largest absolute Gasteiger partial charge is 0.397 e. The summed E-state index contributed by atoms with van der Waals surface area (Å²) in [5.41, 5.74) is 8.82. The van der Waals surface area contributed by atoms with Crippen molar-refractivity contribution in [1.82, 2.24) is 9.47 Å². The molecule has 0 aliphatic carbocycles. The Labute approximate surface area is 146 Å². The van der Waals surface area contributed by atoms with E-state index in [1.807, 2.05) is 29.2 Å². The predicted octanol–water partition coefficient (Wildman–Crippen LogP) is 2.81. The van der Waals surface area contributed by atoms with E-state index in [1.54, 1.807) is 10.6 Å². The summed E-state index contributed by atoms with van der Waals surface area (Å²) in [7, 11) is 0. The molecule has 1 amide bonds. The zero-order valence-electron chi connectivity index (χ0n) is 13.3. The summed E-state index contributed by atoms with van der Waals surface area (Å²) in [6.07, 6.45) is 2.61. The molecule has 124 valence electrons. The first-order chi connectivity index (χ1) is 11.6. The number of nitrogens with zero attached hydrogens (tertiary/aromatic N) is 3. The standard InChI is InChI=1S/C18H19ClN4O/c19-14-5-3-4-13(8-14)9-17-16(21)10-15(11-20)23(17)12-18(24)22-6-1-2-7-22/h3-5,8,10H,1-2,6-7,9,12,21H2. The molecule has 0 atom stereocenters. The van der Waals surface area contributed by atoms with Crippen LogP contribution < -0.4 is 5.73 Å². The zero-order valence-corrected chi connectivity index (χ0v) is 14.1. The van der Waals surface area contributed by atoms with Crippen molar-refractivity contribution < 1.29 is 4.79 Å². The Hall–Kier alpha value is -2.45. The number of aromatic nitrogens is 1. The molecule has 1 aliphatic heterocycles. The third kappa shape index (κ3) is 3.39. The summed E-state index contributed by atoms with van der Waals surface area (Å²) >= 11 is 6.04. The topological polar surface area (TPSA) is 75.0 Å². The zero-order chi connectivity index (χ0) is 17.1. The molecule has 5 nitrogen and oxygen atoms in total. The molecule has 0 saturated carbocycles. The number of amides is 1. The van der Waals surface area contributed by atoms with Crippen LogP contribution in [0.15, 0.2) is 30.3 Å². The van der Waals surface area contributed by atoms with Crippen molar-refractivity contribution >= 4 is 23.2 Å². The number of nitriles is 1. The van der Waals surface area contributed by atoms with Gasteiger partial charge < -0.3 is 15.2 Å². The van der Waals surface area contributed by atoms with Crippen LogP contribution in [0.5, 0.6) is 0 Å². The number of nitrogen functional groups attached to an aromatic ring is 1. The average Bonchev–Trinajstić information content (AvgIpc) is 3.18. The van der Waals surface area contributed by atoms with E-state index >= 15 is 0 Å². The van der Waals surface area contributed by atoms with Gasteiger partial charge in [-0.05, 0) is 36.6 Å². The van der Waals surface area contributed by atoms with Crippen molar-refractivity contribution in [2.45, 2.75) is 25.8 Å². The van der Waals surface area contributed by atoms with E-state index in [0.29, 0.717) is 22.8 Å². The number of hydrogen-bond donors (Lipinski definition) is 1. The fourth-order valence-electron chi connectivity index (χ4n) is 3.12. The van der Waals surface area contributed by atoms with Crippen LogP contribution in [0.1, 0.15) is 29.8 Å². The van der Waals surface area contributed by atoms with Gasteiger partial charge in [0.05, 0.1) is 5.69 Å². The maximum absolute atomic E-state index is 12.5. The highest BCUT2D eigenvalue weighted by molar-refractivity contribution is 6.30. The molecule has 1 aromatic heterocycles. The van der Waals surface area contributed by atoms with Crippen LogP contribution >= 0.6 is 11.6 Å². The predicted molar refractivity (Wildman–Crippen MR) is 93.6 cm³/mol. The van der Waals surface area contributed by atoms with Gasteiger partial charge in [-0.25, -0.2) is 0 Å². The third-order valence-electron chi connectivity index (χ3n) is 4.37. The molecule has 6 heteroatoms. The van der Waals surface area contributed by atoms with Crippen molar-refractivity contribution in [3.05, 3.63) is 52.3 Å². The Morgan fingerprint density at radius 1 is 1.29 bits per heavy atom. The van der Waals surface area contributed by atoms with Gasteiger partial charge in [0.2, 0.25) is 5.91 Å². The van der Waals surface area contributed by atoms with Gasteiger partial charge in [-0.1, -0.05) is 23.7 Å². The minimum Gasteiger partial charge on any atom is -0.397 e. The summed E-state index contributed by atoms with van der Waals surface area (Å²) in [4.78, 5) is 14.3. The number of rotatable bonds is 4. The lowest BCUT2D eigenvalue weighted by Gasteiger charge is -2.18. The van der Waals surface area contributed by atoms with E-state index in [4.69, 9.17) is 17.3 Å². The minimum absolute atomic E-state index is 0.0342. The number of carbonyl (C=O) groups excluding carboxylic acids is 1. The van der Waals surface area contributed by atoms with E-state index in [-0.39, 0.29) is 12.5 Å². The third-order valence-corrected chi connectivity index (χ3v) is 4.60. The lowest BCUT2D eigenvalue weighted by Crippen LogP contribution is -2.31. The van der Waals surface area contributed by atoms with Gasteiger partial charge >= 0.3 is 0 Å². The Morgan fingerprint density at radius 3 is 2.71 bits per heavy atom. The molecule has 0 bridgehead atoms. The number of likely N-dealkylation sites (tertiary alicyclic amines) is 1. The monoisotopic (exact) mass is 342 g/mol. The second-order valence-electron chi connectivity index (χ2n) is 6.02. The first kappa shape index (κ1) is 16.4. The van der Waals surface area contributed by atoms with Crippen molar-refractivity contribution in [1.29, 1.82) is 5.26 Å². The van der Waals surface area contributed by atoms with Crippen LogP contribution in [0.4, 0.5) is 5.69 Å². The van der Waals surface area contributed by atoms with Crippen LogP contribution in [0.3, 0.4) is 0 Å². The van der Waals surface area contributed by atoms with Gasteiger partial charge in [0, 0.05) is 30.2 Å². The van der Waals surface area contributed by atoms with Gasteiger partial charge in [0.25, 0.3) is 0 Å². The Bertz CT molecular complexity index is 800. The smallest absolute Gasteiger partial charge is 0.242 e. The van der Waals surface area contributed by atoms with Gasteiger partial charge in [0.1, 0.15) is 18.3 Å². The van der Waals surface area contributed by atoms with E-state index < -0.39 is 0 Å². The highest BCUT2D eigenvalue weighted by Crippen LogP contribution is 2.23. The molecule has 1 aromatic carbocycles. The normalized spacial score (nSPS) is 13.9. The second kappa shape index (κ2) is 6.98. The maximum atomic E-state index is 12.5. The number of anilines is 1. The molecule has 1 aliphatic rings. The van der Waals surface area contributed by atoms with E-state index in [0.717, 1.165) is 37.2 Å². The molecule has 2 aromatic rings. The number of benzene rings is 1. The van der Waals surface area contributed by atoms with Crippen LogP contribution in [0, 0.1) is 11.3 Å². The van der Waals surface area contributed by atoms with Gasteiger partial charge in [-0.2, -0.15) is 5.26 Å². The van der Waals surface area contributed by atoms with Crippen molar-refractivity contribution in [2.75, 3.05) is 18.8 Å². The molecule has 2 N–H and O–H groups in total. The van der Waals surface area contributed by atoms with E-state index in [2.05, 4.69) is 6.07 Å². The Balaban J connectivity index is 1.89. The molecule has 0 unspecified atom stereocenters. The summed E-state index contributed by atoms with van der Waals surface area (Å²) in [5, 5.41) is 10.0. The summed E-state index contributed by atoms with van der Waals surface area (Å²) in [6, 6.07) is 11.3. The summed E-state index contributed by atoms with van der Waals surface area (Å²) in [5.74, 6) is 0.0342. The number of nitrogens with two attached hydrogens (primary N) is 1. The second-order valence-corrected chi connectivity index (χ2v) is 6.46. The SMILES string of the molecule is N#Cc1cc(N)c(Cc2cccc(Cl)c2)n1CC(=O)N1CCCC1. The quantitative estimate of drug-likeness (QED) is 0.928. The van der Waals surface area contributed by atoms with Gasteiger partial charge in [0.15, 0.2) is 0 Å². The first-order valence-corrected chi connectivity index (χ1v) is 8.36. The summed E-state index contributed by atoms with van der Waals surface area (Å²) < 4.78 is 1.73. The van der Waals surface area contributed by atoms with Gasteiger partial charge in [-0.15, -0.1) is 0 Å². The van der Waals surface area contributed by atoms with Crippen LogP contribution in [0.25, 0.3) is 0 Å². The maximum Gasteiger partial charge on any atom is 0.242 e. The van der Waals surface area contributed by atoms with Crippen molar-refractivity contribution in [2.24, 2.45) is 0 Å².